The molecule has 0 spiro atoms. The average molecular weight is 365 g/mol. The lowest BCUT2D eigenvalue weighted by Gasteiger charge is -2.09. The van der Waals surface area contributed by atoms with Crippen LogP contribution in [0.15, 0.2) is 23.1 Å². The van der Waals surface area contributed by atoms with E-state index in [1.807, 2.05) is 0 Å². The van der Waals surface area contributed by atoms with Gasteiger partial charge >= 0.3 is 0 Å². The Morgan fingerprint density at radius 2 is 2.12 bits per heavy atom. The van der Waals surface area contributed by atoms with E-state index >= 15 is 0 Å². The van der Waals surface area contributed by atoms with Crippen LogP contribution in [-0.2, 0) is 22.9 Å². The molecule has 1 aromatic heterocycles. The van der Waals surface area contributed by atoms with Gasteiger partial charge in [-0.3, -0.25) is 10.1 Å². The van der Waals surface area contributed by atoms with Gasteiger partial charge in [0.2, 0.25) is 10.0 Å². The maximum atomic E-state index is 12.5. The Kier molecular flexibility index (Phi) is 4.71. The number of aryl methyl sites for hydroxylation is 3. The molecule has 0 saturated heterocycles. The smallest absolute Gasteiger partial charge is 0.257 e. The third-order valence-electron chi connectivity index (χ3n) is 3.91. The van der Waals surface area contributed by atoms with Gasteiger partial charge in [0.25, 0.3) is 5.91 Å². The van der Waals surface area contributed by atoms with E-state index in [2.05, 4.69) is 15.0 Å². The zero-order valence-electron chi connectivity index (χ0n) is 13.5. The van der Waals surface area contributed by atoms with Crippen molar-refractivity contribution < 1.29 is 13.2 Å². The van der Waals surface area contributed by atoms with Crippen molar-refractivity contribution in [2.75, 3.05) is 11.9 Å². The molecule has 1 amide bonds. The first-order valence-corrected chi connectivity index (χ1v) is 10.1. The van der Waals surface area contributed by atoms with Gasteiger partial charge in [-0.25, -0.2) is 18.1 Å². The Morgan fingerprint density at radius 3 is 2.83 bits per heavy atom. The summed E-state index contributed by atoms with van der Waals surface area (Å²) in [6.45, 7) is 3.78. The molecule has 1 aliphatic rings. The number of sulfonamides is 1. The van der Waals surface area contributed by atoms with Gasteiger partial charge in [-0.1, -0.05) is 13.0 Å². The van der Waals surface area contributed by atoms with Gasteiger partial charge < -0.3 is 0 Å². The molecule has 24 heavy (non-hydrogen) atoms. The lowest BCUT2D eigenvalue weighted by Crippen LogP contribution is -2.24. The molecule has 2 N–H and O–H groups in total. The lowest BCUT2D eigenvalue weighted by molar-refractivity contribution is 0.102. The first-order chi connectivity index (χ1) is 11.4. The summed E-state index contributed by atoms with van der Waals surface area (Å²) in [6, 6.07) is 4.55. The van der Waals surface area contributed by atoms with Crippen molar-refractivity contribution in [1.82, 2.24) is 9.71 Å². The first kappa shape index (κ1) is 17.1. The second kappa shape index (κ2) is 6.62. The summed E-state index contributed by atoms with van der Waals surface area (Å²) in [5, 5.41) is 3.37. The molecule has 1 heterocycles. The Hall–Kier alpha value is -1.77. The van der Waals surface area contributed by atoms with Crippen molar-refractivity contribution in [3.63, 3.8) is 0 Å². The van der Waals surface area contributed by atoms with E-state index in [1.165, 1.54) is 28.3 Å². The third kappa shape index (κ3) is 3.35. The molecule has 0 saturated carbocycles. The van der Waals surface area contributed by atoms with Crippen LogP contribution in [0.5, 0.6) is 0 Å². The fourth-order valence-electron chi connectivity index (χ4n) is 2.69. The molecular formula is C16H19N3O3S2. The van der Waals surface area contributed by atoms with Crippen LogP contribution in [0, 0.1) is 6.92 Å². The van der Waals surface area contributed by atoms with Gasteiger partial charge in [0.1, 0.15) is 0 Å². The van der Waals surface area contributed by atoms with E-state index in [4.69, 9.17) is 0 Å². The SMILES string of the molecule is CCNS(=O)(=O)c1ccc(C)c(C(=O)Nc2nc3c(s2)CCC3)c1. The average Bonchev–Trinajstić information content (AvgIpc) is 3.08. The zero-order valence-corrected chi connectivity index (χ0v) is 15.2. The third-order valence-corrected chi connectivity index (χ3v) is 6.53. The summed E-state index contributed by atoms with van der Waals surface area (Å²) in [5.41, 5.74) is 2.12. The second-order valence-electron chi connectivity index (χ2n) is 5.67. The summed E-state index contributed by atoms with van der Waals surface area (Å²) < 4.78 is 26.7. The van der Waals surface area contributed by atoms with Crippen LogP contribution < -0.4 is 10.0 Å². The Bertz CT molecular complexity index is 866. The summed E-state index contributed by atoms with van der Waals surface area (Å²) in [7, 11) is -3.60. The first-order valence-electron chi connectivity index (χ1n) is 7.81. The lowest BCUT2D eigenvalue weighted by atomic mass is 10.1. The van der Waals surface area contributed by atoms with Crippen molar-refractivity contribution in [3.05, 3.63) is 39.9 Å². The number of hydrogen-bond acceptors (Lipinski definition) is 5. The van der Waals surface area contributed by atoms with Crippen LogP contribution in [0.2, 0.25) is 0 Å². The second-order valence-corrected chi connectivity index (χ2v) is 8.53. The van der Waals surface area contributed by atoms with E-state index in [0.29, 0.717) is 22.8 Å². The summed E-state index contributed by atoms with van der Waals surface area (Å²) in [6.07, 6.45) is 3.08. The van der Waals surface area contributed by atoms with Gasteiger partial charge in [0.05, 0.1) is 10.6 Å². The van der Waals surface area contributed by atoms with Crippen LogP contribution in [-0.4, -0.2) is 25.9 Å². The Balaban J connectivity index is 1.86. The van der Waals surface area contributed by atoms with Crippen molar-refractivity contribution in [3.8, 4) is 0 Å². The van der Waals surface area contributed by atoms with Crippen LogP contribution in [0.25, 0.3) is 0 Å². The van der Waals surface area contributed by atoms with E-state index in [9.17, 15) is 13.2 Å². The zero-order chi connectivity index (χ0) is 17.3. The summed E-state index contributed by atoms with van der Waals surface area (Å²) in [5.74, 6) is -0.339. The van der Waals surface area contributed by atoms with Crippen LogP contribution in [0.3, 0.4) is 0 Å². The standard InChI is InChI=1S/C16H19N3O3S2/c1-3-17-24(21,22)11-8-7-10(2)12(9-11)15(20)19-16-18-13-5-4-6-14(13)23-16/h7-9,17H,3-6H2,1-2H3,(H,18,19,20). The van der Waals surface area contributed by atoms with Gasteiger partial charge in [0, 0.05) is 17.0 Å². The molecule has 1 aliphatic carbocycles. The van der Waals surface area contributed by atoms with Crippen molar-refractivity contribution in [2.24, 2.45) is 0 Å². The highest BCUT2D eigenvalue weighted by Gasteiger charge is 2.20. The van der Waals surface area contributed by atoms with Crippen molar-refractivity contribution in [1.29, 1.82) is 0 Å². The maximum Gasteiger partial charge on any atom is 0.257 e. The minimum atomic E-state index is -3.60. The number of rotatable bonds is 5. The number of anilines is 1. The number of fused-ring (bicyclic) bond motifs is 1. The highest BCUT2D eigenvalue weighted by Crippen LogP contribution is 2.30. The van der Waals surface area contributed by atoms with E-state index in [0.717, 1.165) is 25.0 Å². The minimum Gasteiger partial charge on any atom is -0.298 e. The number of carbonyl (C=O) groups is 1. The number of aromatic nitrogens is 1. The number of carbonyl (C=O) groups excluding carboxylic acids is 1. The highest BCUT2D eigenvalue weighted by atomic mass is 32.2. The molecule has 0 atom stereocenters. The number of nitrogens with zero attached hydrogens (tertiary/aromatic N) is 1. The van der Waals surface area contributed by atoms with Gasteiger partial charge in [-0.2, -0.15) is 0 Å². The van der Waals surface area contributed by atoms with Crippen LogP contribution in [0.1, 0.15) is 39.8 Å². The number of benzene rings is 1. The van der Waals surface area contributed by atoms with Crippen molar-refractivity contribution in [2.45, 2.75) is 38.0 Å². The van der Waals surface area contributed by atoms with E-state index in [-0.39, 0.29) is 10.8 Å². The molecule has 128 valence electrons. The molecule has 0 unspecified atom stereocenters. The highest BCUT2D eigenvalue weighted by molar-refractivity contribution is 7.89. The number of hydrogen-bond donors (Lipinski definition) is 2. The molecule has 0 fully saturated rings. The van der Waals surface area contributed by atoms with E-state index in [1.54, 1.807) is 19.9 Å². The predicted molar refractivity (Wildman–Crippen MR) is 94.1 cm³/mol. The Morgan fingerprint density at radius 1 is 1.33 bits per heavy atom. The van der Waals surface area contributed by atoms with Crippen molar-refractivity contribution >= 4 is 32.4 Å². The van der Waals surface area contributed by atoms with Crippen LogP contribution in [0.4, 0.5) is 5.13 Å². The monoisotopic (exact) mass is 365 g/mol. The fraction of sp³-hybridized carbons (Fsp3) is 0.375. The summed E-state index contributed by atoms with van der Waals surface area (Å²) in [4.78, 5) is 18.3. The summed E-state index contributed by atoms with van der Waals surface area (Å²) >= 11 is 1.50. The largest absolute Gasteiger partial charge is 0.298 e. The maximum absolute atomic E-state index is 12.5. The molecule has 0 radical (unpaired) electrons. The van der Waals surface area contributed by atoms with Gasteiger partial charge in [-0.15, -0.1) is 11.3 Å². The molecule has 0 aliphatic heterocycles. The number of nitrogens with one attached hydrogen (secondary N) is 2. The molecular weight excluding hydrogens is 346 g/mol. The molecule has 0 bridgehead atoms. The Labute approximate surface area is 145 Å². The minimum absolute atomic E-state index is 0.0849. The molecule has 6 nitrogen and oxygen atoms in total. The normalized spacial score (nSPS) is 13.8. The number of thiazole rings is 1. The van der Waals surface area contributed by atoms with E-state index < -0.39 is 10.0 Å². The number of amides is 1. The molecule has 3 rings (SSSR count). The quantitative estimate of drug-likeness (QED) is 0.852. The van der Waals surface area contributed by atoms with Gasteiger partial charge in [0.15, 0.2) is 5.13 Å². The molecule has 8 heteroatoms. The molecule has 1 aromatic carbocycles. The predicted octanol–water partition coefficient (Wildman–Crippen LogP) is 2.49. The fourth-order valence-corrected chi connectivity index (χ4v) is 4.81. The topological polar surface area (TPSA) is 88.2 Å². The molecule has 2 aromatic rings. The van der Waals surface area contributed by atoms with Crippen LogP contribution >= 0.6 is 11.3 Å². The van der Waals surface area contributed by atoms with Gasteiger partial charge in [-0.05, 0) is 43.9 Å².